The fraction of sp³-hybridized carbons (Fsp3) is 0.400. The highest BCUT2D eigenvalue weighted by molar-refractivity contribution is 5.97. The average molecular weight is 560 g/mol. The Labute approximate surface area is 238 Å². The summed E-state index contributed by atoms with van der Waals surface area (Å²) in [5, 5.41) is 8.84. The van der Waals surface area contributed by atoms with Gasteiger partial charge in [0.15, 0.2) is 17.3 Å². The number of piperazine rings is 1. The maximum absolute atomic E-state index is 13.5. The number of hydrogen-bond acceptors (Lipinski definition) is 9. The summed E-state index contributed by atoms with van der Waals surface area (Å²) in [4.78, 5) is 32.4. The summed E-state index contributed by atoms with van der Waals surface area (Å²) in [5.41, 5.74) is 2.20. The van der Waals surface area contributed by atoms with Gasteiger partial charge in [0.25, 0.3) is 5.91 Å². The normalized spacial score (nSPS) is 17.9. The van der Waals surface area contributed by atoms with E-state index in [2.05, 4.69) is 15.1 Å². The van der Waals surface area contributed by atoms with Crippen molar-refractivity contribution in [3.63, 3.8) is 0 Å². The Morgan fingerprint density at radius 3 is 2.49 bits per heavy atom. The Hall–Kier alpha value is -4.38. The van der Waals surface area contributed by atoms with Crippen LogP contribution in [0.1, 0.15) is 23.2 Å². The minimum absolute atomic E-state index is 0.0104. The number of aromatic nitrogens is 2. The van der Waals surface area contributed by atoms with Gasteiger partial charge in [-0.2, -0.15) is 0 Å². The molecule has 0 aliphatic carbocycles. The number of methoxy groups -OCH3 is 1. The van der Waals surface area contributed by atoms with Crippen molar-refractivity contribution in [3.05, 3.63) is 60.2 Å². The Morgan fingerprint density at radius 2 is 1.78 bits per heavy atom. The van der Waals surface area contributed by atoms with Crippen LogP contribution < -0.4 is 19.1 Å². The van der Waals surface area contributed by atoms with Gasteiger partial charge in [-0.25, -0.2) is 0 Å². The number of amides is 2. The first-order valence-electron chi connectivity index (χ1n) is 13.9. The Kier molecular flexibility index (Phi) is 7.86. The van der Waals surface area contributed by atoms with Crippen LogP contribution in [0.4, 0.5) is 5.82 Å². The van der Waals surface area contributed by atoms with Crippen LogP contribution in [0.5, 0.6) is 17.2 Å². The minimum atomic E-state index is -0.224. The lowest BCUT2D eigenvalue weighted by Gasteiger charge is -2.36. The van der Waals surface area contributed by atoms with Crippen LogP contribution in [0.25, 0.3) is 11.3 Å². The van der Waals surface area contributed by atoms with E-state index in [1.807, 2.05) is 41.3 Å². The number of ether oxygens (including phenoxy) is 4. The predicted octanol–water partition coefficient (Wildman–Crippen LogP) is 2.85. The lowest BCUT2D eigenvalue weighted by atomic mass is 10.1. The van der Waals surface area contributed by atoms with Gasteiger partial charge < -0.3 is 33.6 Å². The molecule has 1 atom stereocenters. The highest BCUT2D eigenvalue weighted by atomic mass is 16.7. The molecule has 3 aromatic rings. The molecule has 41 heavy (non-hydrogen) atoms. The van der Waals surface area contributed by atoms with E-state index in [1.165, 1.54) is 0 Å². The van der Waals surface area contributed by atoms with Gasteiger partial charge in [0, 0.05) is 50.5 Å². The maximum atomic E-state index is 13.5. The van der Waals surface area contributed by atoms with E-state index in [-0.39, 0.29) is 31.3 Å². The van der Waals surface area contributed by atoms with E-state index in [4.69, 9.17) is 18.9 Å². The van der Waals surface area contributed by atoms with Gasteiger partial charge in [-0.15, -0.1) is 10.2 Å². The van der Waals surface area contributed by atoms with Crippen molar-refractivity contribution >= 4 is 17.6 Å². The molecule has 0 radical (unpaired) electrons. The van der Waals surface area contributed by atoms with Crippen LogP contribution in [-0.4, -0.2) is 97.7 Å². The fourth-order valence-corrected chi connectivity index (χ4v) is 5.32. The van der Waals surface area contributed by atoms with E-state index in [0.717, 1.165) is 35.7 Å². The number of fused-ring (bicyclic) bond motifs is 1. The number of anilines is 1. The molecular formula is C30H33N5O6. The molecule has 0 N–H and O–H groups in total. The highest BCUT2D eigenvalue weighted by Crippen LogP contribution is 2.33. The third-order valence-electron chi connectivity index (χ3n) is 7.67. The molecule has 0 bridgehead atoms. The zero-order chi connectivity index (χ0) is 28.2. The number of carbonyl (C=O) groups is 2. The number of benzene rings is 2. The summed E-state index contributed by atoms with van der Waals surface area (Å²) >= 11 is 0. The predicted molar refractivity (Wildman–Crippen MR) is 150 cm³/mol. The van der Waals surface area contributed by atoms with Crippen molar-refractivity contribution in [2.24, 2.45) is 0 Å². The largest absolute Gasteiger partial charge is 0.497 e. The van der Waals surface area contributed by atoms with Gasteiger partial charge in [-0.1, -0.05) is 0 Å². The standard InChI is InChI=1S/C30H33N5O6/c1-38-23-7-4-21(5-8-23)25-9-11-28(32-31-25)33-12-14-34(15-13-33)29(36)19-35(18-24-3-2-16-39-24)30(37)22-6-10-26-27(17-22)41-20-40-26/h4-11,17,24H,2-3,12-16,18-20H2,1H3/t24-/m0/s1. The molecular weight excluding hydrogens is 526 g/mol. The van der Waals surface area contributed by atoms with Gasteiger partial charge in [0.2, 0.25) is 12.7 Å². The van der Waals surface area contributed by atoms with Crippen LogP contribution in [0.15, 0.2) is 54.6 Å². The summed E-state index contributed by atoms with van der Waals surface area (Å²) in [5.74, 6) is 2.40. The van der Waals surface area contributed by atoms with Gasteiger partial charge in [0.1, 0.15) is 12.3 Å². The molecule has 6 rings (SSSR count). The van der Waals surface area contributed by atoms with Crippen LogP contribution in [0, 0.1) is 0 Å². The lowest BCUT2D eigenvalue weighted by molar-refractivity contribution is -0.132. The van der Waals surface area contributed by atoms with E-state index < -0.39 is 0 Å². The molecule has 0 unspecified atom stereocenters. The molecule has 214 valence electrons. The number of carbonyl (C=O) groups excluding carboxylic acids is 2. The van der Waals surface area contributed by atoms with Crippen molar-refractivity contribution in [2.45, 2.75) is 18.9 Å². The Morgan fingerprint density at radius 1 is 0.976 bits per heavy atom. The lowest BCUT2D eigenvalue weighted by Crippen LogP contribution is -2.52. The number of rotatable bonds is 8. The average Bonchev–Trinajstić information content (AvgIpc) is 3.72. The quantitative estimate of drug-likeness (QED) is 0.412. The molecule has 1 aromatic heterocycles. The highest BCUT2D eigenvalue weighted by Gasteiger charge is 2.29. The van der Waals surface area contributed by atoms with E-state index in [1.54, 1.807) is 30.2 Å². The van der Waals surface area contributed by atoms with Crippen LogP contribution in [0.3, 0.4) is 0 Å². The summed E-state index contributed by atoms with van der Waals surface area (Å²) in [6, 6.07) is 16.7. The molecule has 0 saturated carbocycles. The van der Waals surface area contributed by atoms with E-state index in [9.17, 15) is 9.59 Å². The smallest absolute Gasteiger partial charge is 0.254 e. The molecule has 0 spiro atoms. The second kappa shape index (κ2) is 12.0. The van der Waals surface area contributed by atoms with Crippen molar-refractivity contribution in [1.29, 1.82) is 0 Å². The second-order valence-corrected chi connectivity index (χ2v) is 10.3. The molecule has 11 nitrogen and oxygen atoms in total. The van der Waals surface area contributed by atoms with Gasteiger partial charge in [0.05, 0.1) is 18.9 Å². The maximum Gasteiger partial charge on any atom is 0.254 e. The molecule has 4 heterocycles. The molecule has 2 saturated heterocycles. The molecule has 2 aromatic carbocycles. The molecule has 3 aliphatic heterocycles. The van der Waals surface area contributed by atoms with E-state index >= 15 is 0 Å². The summed E-state index contributed by atoms with van der Waals surface area (Å²) in [6.45, 7) is 3.50. The molecule has 2 amide bonds. The molecule has 11 heteroatoms. The zero-order valence-electron chi connectivity index (χ0n) is 23.0. The van der Waals surface area contributed by atoms with Crippen LogP contribution in [-0.2, 0) is 9.53 Å². The van der Waals surface area contributed by atoms with Gasteiger partial charge >= 0.3 is 0 Å². The van der Waals surface area contributed by atoms with Crippen LogP contribution >= 0.6 is 0 Å². The topological polar surface area (TPSA) is 107 Å². The monoisotopic (exact) mass is 559 g/mol. The minimum Gasteiger partial charge on any atom is -0.497 e. The first kappa shape index (κ1) is 26.8. The third kappa shape index (κ3) is 6.04. The third-order valence-corrected chi connectivity index (χ3v) is 7.67. The number of nitrogens with zero attached hydrogens (tertiary/aromatic N) is 5. The first-order chi connectivity index (χ1) is 20.1. The van der Waals surface area contributed by atoms with Crippen molar-refractivity contribution in [1.82, 2.24) is 20.0 Å². The van der Waals surface area contributed by atoms with Crippen molar-refractivity contribution in [3.8, 4) is 28.5 Å². The second-order valence-electron chi connectivity index (χ2n) is 10.3. The molecule has 3 aliphatic rings. The van der Waals surface area contributed by atoms with Gasteiger partial charge in [-0.3, -0.25) is 9.59 Å². The van der Waals surface area contributed by atoms with Crippen LogP contribution in [0.2, 0.25) is 0 Å². The molecule has 2 fully saturated rings. The van der Waals surface area contributed by atoms with Crippen molar-refractivity contribution in [2.75, 3.05) is 64.7 Å². The van der Waals surface area contributed by atoms with Gasteiger partial charge in [-0.05, 0) is 67.4 Å². The van der Waals surface area contributed by atoms with E-state index in [0.29, 0.717) is 56.4 Å². The summed E-state index contributed by atoms with van der Waals surface area (Å²) < 4.78 is 21.8. The Bertz CT molecular complexity index is 1370. The van der Waals surface area contributed by atoms with Crippen molar-refractivity contribution < 1.29 is 28.5 Å². The first-order valence-corrected chi connectivity index (χ1v) is 13.9. The number of hydrogen-bond donors (Lipinski definition) is 0. The SMILES string of the molecule is COc1ccc(-c2ccc(N3CCN(C(=O)CN(C[C@@H]4CCCO4)C(=O)c4ccc5c(c4)OCO5)CC3)nn2)cc1. The summed E-state index contributed by atoms with van der Waals surface area (Å²) in [6.07, 6.45) is 1.75. The Balaban J connectivity index is 1.07. The fourth-order valence-electron chi connectivity index (χ4n) is 5.32. The summed E-state index contributed by atoms with van der Waals surface area (Å²) in [7, 11) is 1.64. The zero-order valence-corrected chi connectivity index (χ0v) is 23.0.